The van der Waals surface area contributed by atoms with E-state index in [1.807, 2.05) is 23.9 Å². The normalized spacial score (nSPS) is 10.6. The molecule has 0 aliphatic heterocycles. The van der Waals surface area contributed by atoms with Gasteiger partial charge >= 0.3 is 0 Å². The molecule has 0 unspecified atom stereocenters. The van der Waals surface area contributed by atoms with Crippen molar-refractivity contribution >= 4 is 28.8 Å². The fraction of sp³-hybridized carbons (Fsp3) is 0.100. The van der Waals surface area contributed by atoms with Crippen LogP contribution in [0.1, 0.15) is 10.4 Å². The number of rotatable bonds is 1. The summed E-state index contributed by atoms with van der Waals surface area (Å²) >= 11 is 5.87. The molecular weight excluding hydrogens is 186 g/mol. The van der Waals surface area contributed by atoms with Crippen LogP contribution in [0.15, 0.2) is 24.4 Å². The van der Waals surface area contributed by atoms with Gasteiger partial charge in [-0.1, -0.05) is 11.6 Å². The smallest absolute Gasteiger partial charge is 0.151 e. The highest BCUT2D eigenvalue weighted by molar-refractivity contribution is 6.33. The van der Waals surface area contributed by atoms with E-state index in [2.05, 4.69) is 0 Å². The minimum Gasteiger partial charge on any atom is -0.351 e. The molecule has 0 aliphatic rings. The molecule has 0 bridgehead atoms. The second kappa shape index (κ2) is 2.89. The first-order valence-corrected chi connectivity index (χ1v) is 4.30. The molecular formula is C10H8ClNO. The first kappa shape index (κ1) is 8.32. The summed E-state index contributed by atoms with van der Waals surface area (Å²) in [7, 11) is 1.94. The van der Waals surface area contributed by atoms with E-state index in [1.54, 1.807) is 12.1 Å². The maximum atomic E-state index is 10.6. The van der Waals surface area contributed by atoms with E-state index in [4.69, 9.17) is 11.6 Å². The van der Waals surface area contributed by atoms with Gasteiger partial charge in [0.05, 0.1) is 5.02 Å². The summed E-state index contributed by atoms with van der Waals surface area (Å²) in [5.41, 5.74) is 1.56. The van der Waals surface area contributed by atoms with Crippen molar-refractivity contribution in [2.24, 2.45) is 7.05 Å². The molecule has 0 amide bonds. The predicted molar refractivity (Wildman–Crippen MR) is 53.3 cm³/mol. The van der Waals surface area contributed by atoms with Crippen molar-refractivity contribution in [2.75, 3.05) is 0 Å². The molecule has 66 valence electrons. The van der Waals surface area contributed by atoms with Gasteiger partial charge in [0.1, 0.15) is 0 Å². The number of aldehydes is 1. The van der Waals surface area contributed by atoms with Crippen LogP contribution >= 0.6 is 11.6 Å². The van der Waals surface area contributed by atoms with Gasteiger partial charge in [-0.25, -0.2) is 0 Å². The number of hydrogen-bond donors (Lipinski definition) is 0. The third-order valence-electron chi connectivity index (χ3n) is 2.13. The minimum atomic E-state index is 0.508. The summed E-state index contributed by atoms with van der Waals surface area (Å²) < 4.78 is 1.96. The Morgan fingerprint density at radius 1 is 1.46 bits per heavy atom. The average Bonchev–Trinajstić information content (AvgIpc) is 2.46. The van der Waals surface area contributed by atoms with Gasteiger partial charge in [-0.05, 0) is 18.2 Å². The molecule has 1 aromatic carbocycles. The van der Waals surface area contributed by atoms with Crippen molar-refractivity contribution in [1.82, 2.24) is 4.57 Å². The Kier molecular flexibility index (Phi) is 1.85. The number of carbonyl (C=O) groups is 1. The van der Waals surface area contributed by atoms with Gasteiger partial charge in [0.25, 0.3) is 0 Å². The van der Waals surface area contributed by atoms with Gasteiger partial charge in [0.15, 0.2) is 6.29 Å². The number of benzene rings is 1. The maximum absolute atomic E-state index is 10.6. The van der Waals surface area contributed by atoms with Crippen LogP contribution in [0.2, 0.25) is 5.02 Å². The molecule has 1 aromatic heterocycles. The number of nitrogens with zero attached hydrogens (tertiary/aromatic N) is 1. The van der Waals surface area contributed by atoms with E-state index in [-0.39, 0.29) is 0 Å². The lowest BCUT2D eigenvalue weighted by Gasteiger charge is -1.99. The molecule has 0 atom stereocenters. The molecule has 2 nitrogen and oxygen atoms in total. The summed E-state index contributed by atoms with van der Waals surface area (Å²) in [6.45, 7) is 0. The third-order valence-corrected chi connectivity index (χ3v) is 2.46. The van der Waals surface area contributed by atoms with Gasteiger partial charge in [-0.15, -0.1) is 0 Å². The highest BCUT2D eigenvalue weighted by Gasteiger charge is 2.03. The van der Waals surface area contributed by atoms with E-state index in [9.17, 15) is 4.79 Å². The maximum Gasteiger partial charge on any atom is 0.151 e. The van der Waals surface area contributed by atoms with Crippen molar-refractivity contribution in [3.05, 3.63) is 35.0 Å². The van der Waals surface area contributed by atoms with Crippen LogP contribution < -0.4 is 0 Å². The largest absolute Gasteiger partial charge is 0.351 e. The third kappa shape index (κ3) is 1.23. The van der Waals surface area contributed by atoms with Gasteiger partial charge in [0.2, 0.25) is 0 Å². The number of hydrogen-bond acceptors (Lipinski definition) is 1. The van der Waals surface area contributed by atoms with E-state index in [0.717, 1.165) is 17.2 Å². The molecule has 0 aliphatic carbocycles. The highest BCUT2D eigenvalue weighted by atomic mass is 35.5. The number of aromatic nitrogens is 1. The Morgan fingerprint density at radius 3 is 2.92 bits per heavy atom. The lowest BCUT2D eigenvalue weighted by atomic mass is 10.2. The molecule has 1 heterocycles. The summed E-state index contributed by atoms with van der Waals surface area (Å²) in [6.07, 6.45) is 2.71. The predicted octanol–water partition coefficient (Wildman–Crippen LogP) is 2.64. The second-order valence-corrected chi connectivity index (χ2v) is 3.38. The van der Waals surface area contributed by atoms with Crippen molar-refractivity contribution in [3.63, 3.8) is 0 Å². The Hall–Kier alpha value is -1.28. The van der Waals surface area contributed by atoms with E-state index >= 15 is 0 Å². The molecule has 0 spiro atoms. The van der Waals surface area contributed by atoms with Crippen LogP contribution in [-0.2, 0) is 7.05 Å². The Labute approximate surface area is 80.7 Å². The molecule has 0 saturated carbocycles. The van der Waals surface area contributed by atoms with Crippen LogP contribution in [0.3, 0.4) is 0 Å². The molecule has 2 rings (SSSR count). The van der Waals surface area contributed by atoms with Crippen LogP contribution in [-0.4, -0.2) is 10.9 Å². The lowest BCUT2D eigenvalue weighted by molar-refractivity contribution is 0.112. The number of carbonyl (C=O) groups excluding carboxylic acids is 1. The SMILES string of the molecule is Cn1ccc2cc(Cl)c(C=O)cc21. The van der Waals surface area contributed by atoms with E-state index < -0.39 is 0 Å². The second-order valence-electron chi connectivity index (χ2n) is 2.98. The van der Waals surface area contributed by atoms with Gasteiger partial charge in [-0.3, -0.25) is 4.79 Å². The fourth-order valence-electron chi connectivity index (χ4n) is 1.40. The Bertz CT molecular complexity index is 473. The first-order chi connectivity index (χ1) is 6.22. The minimum absolute atomic E-state index is 0.508. The zero-order valence-corrected chi connectivity index (χ0v) is 7.88. The summed E-state index contributed by atoms with van der Waals surface area (Å²) in [6, 6.07) is 5.57. The molecule has 0 saturated heterocycles. The molecule has 0 N–H and O–H groups in total. The zero-order valence-electron chi connectivity index (χ0n) is 7.12. The van der Waals surface area contributed by atoms with Crippen molar-refractivity contribution < 1.29 is 4.79 Å². The van der Waals surface area contributed by atoms with Crippen LogP contribution in [0.4, 0.5) is 0 Å². The van der Waals surface area contributed by atoms with Gasteiger partial charge in [-0.2, -0.15) is 0 Å². The van der Waals surface area contributed by atoms with Crippen LogP contribution in [0, 0.1) is 0 Å². The fourth-order valence-corrected chi connectivity index (χ4v) is 1.61. The summed E-state index contributed by atoms with van der Waals surface area (Å²) in [5.74, 6) is 0. The summed E-state index contributed by atoms with van der Waals surface area (Å²) in [5, 5.41) is 1.56. The van der Waals surface area contributed by atoms with Crippen molar-refractivity contribution in [1.29, 1.82) is 0 Å². The molecule has 2 aromatic rings. The monoisotopic (exact) mass is 193 g/mol. The van der Waals surface area contributed by atoms with Crippen LogP contribution in [0.5, 0.6) is 0 Å². The molecule has 13 heavy (non-hydrogen) atoms. The molecule has 0 fully saturated rings. The zero-order chi connectivity index (χ0) is 9.42. The lowest BCUT2D eigenvalue weighted by Crippen LogP contribution is -1.87. The standard InChI is InChI=1S/C10H8ClNO/c1-12-3-2-7-4-9(11)8(6-13)5-10(7)12/h2-6H,1H3. The first-order valence-electron chi connectivity index (χ1n) is 3.92. The van der Waals surface area contributed by atoms with Crippen molar-refractivity contribution in [3.8, 4) is 0 Å². The number of halogens is 1. The van der Waals surface area contributed by atoms with Crippen molar-refractivity contribution in [2.45, 2.75) is 0 Å². The molecule has 3 heteroatoms. The summed E-state index contributed by atoms with van der Waals surface area (Å²) in [4.78, 5) is 10.6. The molecule has 0 radical (unpaired) electrons. The Balaban J connectivity index is 2.84. The quantitative estimate of drug-likeness (QED) is 0.639. The Morgan fingerprint density at radius 2 is 2.23 bits per heavy atom. The van der Waals surface area contributed by atoms with E-state index in [0.29, 0.717) is 10.6 Å². The van der Waals surface area contributed by atoms with Gasteiger partial charge < -0.3 is 4.57 Å². The average molecular weight is 194 g/mol. The number of fused-ring (bicyclic) bond motifs is 1. The van der Waals surface area contributed by atoms with E-state index in [1.165, 1.54) is 0 Å². The van der Waals surface area contributed by atoms with Crippen LogP contribution in [0.25, 0.3) is 10.9 Å². The topological polar surface area (TPSA) is 22.0 Å². The number of aryl methyl sites for hydroxylation is 1. The van der Waals surface area contributed by atoms with Gasteiger partial charge in [0, 0.05) is 29.7 Å². The highest BCUT2D eigenvalue weighted by Crippen LogP contribution is 2.23.